The molecular formula is C22H20ClN5. The molecule has 0 saturated carbocycles. The van der Waals surface area contributed by atoms with Crippen molar-refractivity contribution in [2.75, 3.05) is 10.6 Å². The first kappa shape index (κ1) is 18.2. The van der Waals surface area contributed by atoms with Gasteiger partial charge in [-0.05, 0) is 55.8 Å². The summed E-state index contributed by atoms with van der Waals surface area (Å²) in [5, 5.41) is 8.52. The Hall–Kier alpha value is -3.18. The Balaban J connectivity index is 1.46. The smallest absolute Gasteiger partial charge is 0.130 e. The molecule has 2 aromatic heterocycles. The van der Waals surface area contributed by atoms with Gasteiger partial charge in [-0.3, -0.25) is 4.98 Å². The summed E-state index contributed by atoms with van der Waals surface area (Å²) in [5.74, 6) is 1.61. The number of rotatable bonds is 5. The van der Waals surface area contributed by atoms with Crippen LogP contribution < -0.4 is 10.6 Å². The number of aromatic nitrogens is 3. The predicted octanol–water partition coefficient (Wildman–Crippen LogP) is 5.65. The van der Waals surface area contributed by atoms with Crippen molar-refractivity contribution >= 4 is 39.7 Å². The molecule has 0 unspecified atom stereocenters. The second-order valence-corrected chi connectivity index (χ2v) is 7.07. The fourth-order valence-electron chi connectivity index (χ4n) is 3.09. The molecule has 0 radical (unpaired) electrons. The van der Waals surface area contributed by atoms with Gasteiger partial charge in [-0.25, -0.2) is 9.97 Å². The summed E-state index contributed by atoms with van der Waals surface area (Å²) in [7, 11) is 0. The van der Waals surface area contributed by atoms with Crippen LogP contribution in [-0.2, 0) is 6.54 Å². The van der Waals surface area contributed by atoms with Crippen molar-refractivity contribution in [2.24, 2.45) is 0 Å². The molecule has 28 heavy (non-hydrogen) atoms. The van der Waals surface area contributed by atoms with E-state index in [1.165, 1.54) is 5.56 Å². The molecule has 140 valence electrons. The van der Waals surface area contributed by atoms with Crippen molar-refractivity contribution in [1.82, 2.24) is 15.0 Å². The van der Waals surface area contributed by atoms with Crippen LogP contribution in [0.15, 0.2) is 60.8 Å². The van der Waals surface area contributed by atoms with Crippen LogP contribution in [0.25, 0.3) is 10.9 Å². The van der Waals surface area contributed by atoms with Gasteiger partial charge >= 0.3 is 0 Å². The summed E-state index contributed by atoms with van der Waals surface area (Å²) < 4.78 is 0. The molecule has 0 aliphatic rings. The Labute approximate surface area is 168 Å². The number of nitrogens with one attached hydrogen (secondary N) is 2. The Bertz CT molecular complexity index is 1110. The highest BCUT2D eigenvalue weighted by Gasteiger charge is 2.04. The average Bonchev–Trinajstić information content (AvgIpc) is 2.67. The summed E-state index contributed by atoms with van der Waals surface area (Å²) >= 11 is 6.07. The highest BCUT2D eigenvalue weighted by Crippen LogP contribution is 2.27. The number of halogens is 1. The molecule has 2 N–H and O–H groups in total. The maximum Gasteiger partial charge on any atom is 0.130 e. The first-order valence-electron chi connectivity index (χ1n) is 9.03. The van der Waals surface area contributed by atoms with Crippen molar-refractivity contribution in [3.05, 3.63) is 82.9 Å². The summed E-state index contributed by atoms with van der Waals surface area (Å²) in [6.45, 7) is 4.57. The Morgan fingerprint density at radius 3 is 2.54 bits per heavy atom. The van der Waals surface area contributed by atoms with Crippen LogP contribution in [0.1, 0.15) is 17.1 Å². The van der Waals surface area contributed by atoms with Crippen molar-refractivity contribution in [1.29, 1.82) is 0 Å². The Morgan fingerprint density at radius 1 is 0.929 bits per heavy atom. The second kappa shape index (κ2) is 7.82. The molecule has 5 nitrogen and oxygen atoms in total. The van der Waals surface area contributed by atoms with E-state index in [1.807, 2.05) is 44.2 Å². The normalized spacial score (nSPS) is 10.8. The van der Waals surface area contributed by atoms with E-state index < -0.39 is 0 Å². The zero-order valence-electron chi connectivity index (χ0n) is 15.7. The van der Waals surface area contributed by atoms with Crippen molar-refractivity contribution in [3.8, 4) is 0 Å². The molecule has 0 saturated heterocycles. The monoisotopic (exact) mass is 389 g/mol. The van der Waals surface area contributed by atoms with E-state index in [-0.39, 0.29) is 0 Å². The lowest BCUT2D eigenvalue weighted by Gasteiger charge is -2.11. The molecular weight excluding hydrogens is 370 g/mol. The zero-order valence-corrected chi connectivity index (χ0v) is 16.5. The van der Waals surface area contributed by atoms with Crippen LogP contribution in [0.3, 0.4) is 0 Å². The highest BCUT2D eigenvalue weighted by molar-refractivity contribution is 6.31. The quantitative estimate of drug-likeness (QED) is 0.461. The molecule has 0 atom stereocenters. The molecule has 0 amide bonds. The highest BCUT2D eigenvalue weighted by atomic mass is 35.5. The van der Waals surface area contributed by atoms with E-state index >= 15 is 0 Å². The molecule has 0 bridgehead atoms. The van der Waals surface area contributed by atoms with E-state index in [0.717, 1.165) is 39.6 Å². The largest absolute Gasteiger partial charge is 0.366 e. The van der Waals surface area contributed by atoms with E-state index in [4.69, 9.17) is 11.6 Å². The van der Waals surface area contributed by atoms with Crippen LogP contribution in [0.5, 0.6) is 0 Å². The Morgan fingerprint density at radius 2 is 1.75 bits per heavy atom. The van der Waals surface area contributed by atoms with Gasteiger partial charge in [0.2, 0.25) is 0 Å². The van der Waals surface area contributed by atoms with Gasteiger partial charge in [-0.15, -0.1) is 0 Å². The zero-order chi connectivity index (χ0) is 19.5. The number of benzene rings is 2. The van der Waals surface area contributed by atoms with Gasteiger partial charge in [0.15, 0.2) is 0 Å². The minimum atomic E-state index is 0.683. The molecule has 2 aromatic carbocycles. The predicted molar refractivity (Wildman–Crippen MR) is 115 cm³/mol. The van der Waals surface area contributed by atoms with E-state index in [0.29, 0.717) is 11.6 Å². The summed E-state index contributed by atoms with van der Waals surface area (Å²) in [6, 6.07) is 18.0. The number of hydrogen-bond acceptors (Lipinski definition) is 5. The third kappa shape index (κ3) is 4.21. The molecule has 0 spiro atoms. The van der Waals surface area contributed by atoms with E-state index in [1.54, 1.807) is 6.20 Å². The number of anilines is 3. The Kier molecular flexibility index (Phi) is 5.08. The SMILES string of the molecule is Cc1cc(NCc2ccc(Nc3ccnc4cc(Cl)ccc34)cc2)nc(C)n1. The van der Waals surface area contributed by atoms with Gasteiger partial charge < -0.3 is 10.6 Å². The standard InChI is InChI=1S/C22H20ClN5/c1-14-11-22(27-15(2)26-14)25-13-16-3-6-18(7-4-16)28-20-9-10-24-21-12-17(23)5-8-19(20)21/h3-12H,13H2,1-2H3,(H,24,28)(H,25,26,27). The number of aryl methyl sites for hydroxylation is 2. The van der Waals surface area contributed by atoms with Crippen LogP contribution in [0.2, 0.25) is 5.02 Å². The topological polar surface area (TPSA) is 62.7 Å². The number of fused-ring (bicyclic) bond motifs is 1. The summed E-state index contributed by atoms with van der Waals surface area (Å²) in [5.41, 5.74) is 5.01. The van der Waals surface area contributed by atoms with Crippen LogP contribution >= 0.6 is 11.6 Å². The van der Waals surface area contributed by atoms with Gasteiger partial charge in [-0.1, -0.05) is 23.7 Å². The summed E-state index contributed by atoms with van der Waals surface area (Å²) in [4.78, 5) is 13.1. The van der Waals surface area contributed by atoms with Crippen LogP contribution in [0.4, 0.5) is 17.2 Å². The van der Waals surface area contributed by atoms with Crippen molar-refractivity contribution < 1.29 is 0 Å². The number of nitrogens with zero attached hydrogens (tertiary/aromatic N) is 3. The number of pyridine rings is 1. The lowest BCUT2D eigenvalue weighted by molar-refractivity contribution is 0.992. The van der Waals surface area contributed by atoms with Crippen molar-refractivity contribution in [2.45, 2.75) is 20.4 Å². The van der Waals surface area contributed by atoms with Crippen LogP contribution in [-0.4, -0.2) is 15.0 Å². The molecule has 6 heteroatoms. The molecule has 4 aromatic rings. The lowest BCUT2D eigenvalue weighted by atomic mass is 10.1. The van der Waals surface area contributed by atoms with E-state index in [2.05, 4.69) is 49.9 Å². The molecule has 4 rings (SSSR count). The van der Waals surface area contributed by atoms with Gasteiger partial charge in [0.05, 0.1) is 5.52 Å². The lowest BCUT2D eigenvalue weighted by Crippen LogP contribution is -2.04. The number of hydrogen-bond donors (Lipinski definition) is 2. The molecule has 2 heterocycles. The van der Waals surface area contributed by atoms with Gasteiger partial charge in [0.25, 0.3) is 0 Å². The van der Waals surface area contributed by atoms with E-state index in [9.17, 15) is 0 Å². The van der Waals surface area contributed by atoms with Gasteiger partial charge in [-0.2, -0.15) is 0 Å². The minimum absolute atomic E-state index is 0.683. The first-order chi connectivity index (χ1) is 13.6. The van der Waals surface area contributed by atoms with Crippen molar-refractivity contribution in [3.63, 3.8) is 0 Å². The fourth-order valence-corrected chi connectivity index (χ4v) is 3.26. The molecule has 0 aliphatic carbocycles. The maximum absolute atomic E-state index is 6.07. The molecule has 0 fully saturated rings. The minimum Gasteiger partial charge on any atom is -0.366 e. The van der Waals surface area contributed by atoms with Gasteiger partial charge in [0.1, 0.15) is 11.6 Å². The third-order valence-corrected chi connectivity index (χ3v) is 4.61. The maximum atomic E-state index is 6.07. The second-order valence-electron chi connectivity index (χ2n) is 6.64. The first-order valence-corrected chi connectivity index (χ1v) is 9.41. The average molecular weight is 390 g/mol. The van der Waals surface area contributed by atoms with Gasteiger partial charge in [0, 0.05) is 46.3 Å². The third-order valence-electron chi connectivity index (χ3n) is 4.38. The molecule has 0 aliphatic heterocycles. The summed E-state index contributed by atoms with van der Waals surface area (Å²) in [6.07, 6.45) is 1.78. The van der Waals surface area contributed by atoms with Crippen LogP contribution in [0, 0.1) is 13.8 Å². The fraction of sp³-hybridized carbons (Fsp3) is 0.136.